The molecule has 0 bridgehead atoms. The van der Waals surface area contributed by atoms with Crippen LogP contribution >= 0.6 is 12.2 Å². The van der Waals surface area contributed by atoms with Crippen LogP contribution in [0, 0.1) is 5.41 Å². The van der Waals surface area contributed by atoms with Crippen LogP contribution in [0.2, 0.25) is 0 Å². The van der Waals surface area contributed by atoms with Gasteiger partial charge in [0.05, 0.1) is 10.4 Å². The van der Waals surface area contributed by atoms with Crippen molar-refractivity contribution in [3.05, 3.63) is 0 Å². The highest BCUT2D eigenvalue weighted by molar-refractivity contribution is 7.80. The third kappa shape index (κ3) is 4.00. The van der Waals surface area contributed by atoms with Crippen molar-refractivity contribution in [3.63, 3.8) is 0 Å². The van der Waals surface area contributed by atoms with Gasteiger partial charge >= 0.3 is 0 Å². The zero-order valence-corrected chi connectivity index (χ0v) is 13.3. The zero-order valence-electron chi connectivity index (χ0n) is 12.5. The van der Waals surface area contributed by atoms with Crippen molar-refractivity contribution in [1.29, 1.82) is 0 Å². The van der Waals surface area contributed by atoms with Gasteiger partial charge in [-0.05, 0) is 19.3 Å². The molecule has 6 nitrogen and oxygen atoms in total. The topological polar surface area (TPSA) is 101 Å². The minimum Gasteiger partial charge on any atom is -0.392 e. The number of nitrogens with two attached hydrogens (primary N) is 1. The summed E-state index contributed by atoms with van der Waals surface area (Å²) in [6.07, 6.45) is 3.16. The van der Waals surface area contributed by atoms with Gasteiger partial charge in [0.15, 0.2) is 0 Å². The summed E-state index contributed by atoms with van der Waals surface area (Å²) in [5.41, 5.74) is 4.91. The highest BCUT2D eigenvalue weighted by Gasteiger charge is 2.42. The predicted octanol–water partition coefficient (Wildman–Crippen LogP) is 0.781. The molecule has 0 aliphatic carbocycles. The van der Waals surface area contributed by atoms with Gasteiger partial charge in [0.1, 0.15) is 6.04 Å². The Balaban J connectivity index is 2.88. The molecule has 118 valence electrons. The largest absolute Gasteiger partial charge is 0.392 e. The average Bonchev–Trinajstić information content (AvgIpc) is 2.41. The van der Waals surface area contributed by atoms with Gasteiger partial charge in [-0.1, -0.05) is 38.9 Å². The lowest BCUT2D eigenvalue weighted by molar-refractivity contribution is -0.139. The Bertz CT molecular complexity index is 445. The van der Waals surface area contributed by atoms with E-state index in [1.54, 1.807) is 0 Å². The van der Waals surface area contributed by atoms with E-state index in [-0.39, 0.29) is 23.2 Å². The van der Waals surface area contributed by atoms with Crippen molar-refractivity contribution < 1.29 is 14.4 Å². The van der Waals surface area contributed by atoms with E-state index in [0.717, 1.165) is 12.8 Å². The Kier molecular flexibility index (Phi) is 6.26. The Labute approximate surface area is 130 Å². The molecule has 0 saturated carbocycles. The SMILES string of the molecule is CCCC(CCC)(C(=O)NC1CCC(=O)NC1=O)C(N)=S. The van der Waals surface area contributed by atoms with Crippen LogP contribution in [0.4, 0.5) is 0 Å². The summed E-state index contributed by atoms with van der Waals surface area (Å²) in [6.45, 7) is 3.92. The van der Waals surface area contributed by atoms with Crippen molar-refractivity contribution in [2.75, 3.05) is 0 Å². The standard InChI is InChI=1S/C14H23N3O3S/c1-3-7-14(8-4-2,12(15)21)13(20)16-9-5-6-10(18)17-11(9)19/h9H,3-8H2,1-2H3,(H2,15,21)(H,16,20)(H,17,18,19). The number of rotatable bonds is 7. The molecule has 1 saturated heterocycles. The van der Waals surface area contributed by atoms with Crippen molar-refractivity contribution in [2.24, 2.45) is 11.1 Å². The molecule has 1 aliphatic heterocycles. The number of imide groups is 1. The molecule has 0 aromatic heterocycles. The van der Waals surface area contributed by atoms with Gasteiger partial charge in [-0.3, -0.25) is 19.7 Å². The molecular formula is C14H23N3O3S. The maximum atomic E-state index is 12.6. The summed E-state index contributed by atoms with van der Waals surface area (Å²) in [4.78, 5) is 35.7. The second-order valence-electron chi connectivity index (χ2n) is 5.42. The van der Waals surface area contributed by atoms with E-state index in [2.05, 4.69) is 10.6 Å². The summed E-state index contributed by atoms with van der Waals surface area (Å²) in [6, 6.07) is -0.697. The minimum atomic E-state index is -0.916. The smallest absolute Gasteiger partial charge is 0.249 e. The third-order valence-corrected chi connectivity index (χ3v) is 4.20. The second-order valence-corrected chi connectivity index (χ2v) is 5.86. The summed E-state index contributed by atoms with van der Waals surface area (Å²) in [5, 5.41) is 4.93. The lowest BCUT2D eigenvalue weighted by atomic mass is 9.78. The van der Waals surface area contributed by atoms with Gasteiger partial charge in [0.25, 0.3) is 0 Å². The molecule has 0 aromatic rings. The summed E-state index contributed by atoms with van der Waals surface area (Å²) in [7, 11) is 0. The Morgan fingerprint density at radius 1 is 1.38 bits per heavy atom. The molecular weight excluding hydrogens is 290 g/mol. The van der Waals surface area contributed by atoms with Gasteiger partial charge in [-0.25, -0.2) is 0 Å². The van der Waals surface area contributed by atoms with E-state index < -0.39 is 17.4 Å². The van der Waals surface area contributed by atoms with Gasteiger partial charge in [-0.15, -0.1) is 0 Å². The number of carbonyl (C=O) groups excluding carboxylic acids is 3. The van der Waals surface area contributed by atoms with Gasteiger partial charge in [0, 0.05) is 6.42 Å². The Morgan fingerprint density at radius 3 is 2.38 bits per heavy atom. The van der Waals surface area contributed by atoms with Crippen LogP contribution in [0.5, 0.6) is 0 Å². The van der Waals surface area contributed by atoms with Crippen LogP contribution in [0.15, 0.2) is 0 Å². The number of amides is 3. The molecule has 1 rings (SSSR count). The molecule has 0 radical (unpaired) electrons. The second kappa shape index (κ2) is 7.49. The van der Waals surface area contributed by atoms with E-state index in [9.17, 15) is 14.4 Å². The van der Waals surface area contributed by atoms with E-state index in [1.165, 1.54) is 0 Å². The van der Waals surface area contributed by atoms with Crippen molar-refractivity contribution >= 4 is 34.9 Å². The number of thiocarbonyl (C=S) groups is 1. The summed E-state index contributed by atoms with van der Waals surface area (Å²) in [5.74, 6) is -1.09. The zero-order chi connectivity index (χ0) is 16.0. The first-order chi connectivity index (χ1) is 9.87. The lowest BCUT2D eigenvalue weighted by Gasteiger charge is -2.33. The molecule has 7 heteroatoms. The molecule has 1 atom stereocenters. The number of hydrogen-bond donors (Lipinski definition) is 3. The maximum absolute atomic E-state index is 12.6. The number of hydrogen-bond acceptors (Lipinski definition) is 4. The fourth-order valence-electron chi connectivity index (χ4n) is 2.69. The average molecular weight is 313 g/mol. The van der Waals surface area contributed by atoms with Gasteiger partial charge in [-0.2, -0.15) is 0 Å². The molecule has 0 aromatic carbocycles. The van der Waals surface area contributed by atoms with Gasteiger partial charge in [0.2, 0.25) is 17.7 Å². The minimum absolute atomic E-state index is 0.163. The lowest BCUT2D eigenvalue weighted by Crippen LogP contribution is -2.57. The van der Waals surface area contributed by atoms with E-state index in [4.69, 9.17) is 18.0 Å². The van der Waals surface area contributed by atoms with Crippen LogP contribution < -0.4 is 16.4 Å². The summed E-state index contributed by atoms with van der Waals surface area (Å²) >= 11 is 5.11. The van der Waals surface area contributed by atoms with Gasteiger partial charge < -0.3 is 11.1 Å². The molecule has 1 aliphatic rings. The van der Waals surface area contributed by atoms with Crippen molar-refractivity contribution in [3.8, 4) is 0 Å². The third-order valence-electron chi connectivity index (χ3n) is 3.80. The van der Waals surface area contributed by atoms with Crippen LogP contribution in [-0.2, 0) is 14.4 Å². The van der Waals surface area contributed by atoms with Crippen molar-refractivity contribution in [2.45, 2.75) is 58.4 Å². The molecule has 21 heavy (non-hydrogen) atoms. The number of carbonyl (C=O) groups is 3. The fourth-order valence-corrected chi connectivity index (χ4v) is 2.99. The van der Waals surface area contributed by atoms with E-state index in [1.807, 2.05) is 13.8 Å². The van der Waals surface area contributed by atoms with Crippen LogP contribution in [0.3, 0.4) is 0 Å². The monoisotopic (exact) mass is 313 g/mol. The Morgan fingerprint density at radius 2 is 1.95 bits per heavy atom. The molecule has 0 spiro atoms. The quantitative estimate of drug-likeness (QED) is 0.476. The first-order valence-corrected chi connectivity index (χ1v) is 7.72. The molecule has 1 fully saturated rings. The first kappa shape index (κ1) is 17.6. The van der Waals surface area contributed by atoms with Crippen LogP contribution in [0.1, 0.15) is 52.4 Å². The van der Waals surface area contributed by atoms with E-state index >= 15 is 0 Å². The highest BCUT2D eigenvalue weighted by Crippen LogP contribution is 2.31. The number of nitrogens with one attached hydrogen (secondary N) is 2. The number of piperidine rings is 1. The molecule has 1 heterocycles. The van der Waals surface area contributed by atoms with Crippen molar-refractivity contribution in [1.82, 2.24) is 10.6 Å². The Hall–Kier alpha value is -1.50. The molecule has 3 amide bonds. The summed E-state index contributed by atoms with van der Waals surface area (Å²) < 4.78 is 0. The van der Waals surface area contributed by atoms with Crippen LogP contribution in [0.25, 0.3) is 0 Å². The van der Waals surface area contributed by atoms with Crippen LogP contribution in [-0.4, -0.2) is 28.8 Å². The highest BCUT2D eigenvalue weighted by atomic mass is 32.1. The molecule has 1 unspecified atom stereocenters. The van der Waals surface area contributed by atoms with E-state index in [0.29, 0.717) is 19.3 Å². The first-order valence-electron chi connectivity index (χ1n) is 7.32. The predicted molar refractivity (Wildman–Crippen MR) is 83.3 cm³/mol. The normalized spacial score (nSPS) is 19.0. The molecule has 4 N–H and O–H groups in total. The fraction of sp³-hybridized carbons (Fsp3) is 0.714. The maximum Gasteiger partial charge on any atom is 0.249 e.